The molecule has 0 unspecified atom stereocenters. The molecule has 79 heavy (non-hydrogen) atoms. The summed E-state index contributed by atoms with van der Waals surface area (Å²) in [4.78, 5) is 56.7. The van der Waals surface area contributed by atoms with E-state index in [1.807, 2.05) is 91.0 Å². The summed E-state index contributed by atoms with van der Waals surface area (Å²) in [6.45, 7) is 5.25. The normalized spacial score (nSPS) is 23.2. The lowest BCUT2D eigenvalue weighted by molar-refractivity contribution is -0.358. The molecule has 0 amide bonds. The van der Waals surface area contributed by atoms with Crippen LogP contribution >= 0.6 is 0 Å². The van der Waals surface area contributed by atoms with Gasteiger partial charge in [-0.2, -0.15) is 0 Å². The first-order chi connectivity index (χ1) is 38.3. The number of rotatable bonds is 19. The number of hydrogen-bond acceptors (Lipinski definition) is 15. The first-order valence-corrected chi connectivity index (χ1v) is 27.9. The van der Waals surface area contributed by atoms with Gasteiger partial charge in [-0.3, -0.25) is 0 Å². The maximum Gasteiger partial charge on any atom is 0.338 e. The Hall–Kier alpha value is -7.64. The Morgan fingerprint density at radius 3 is 1.29 bits per heavy atom. The Balaban J connectivity index is 1.15. The largest absolute Gasteiger partial charge is 0.459 e. The molecule has 15 nitrogen and oxygen atoms in total. The van der Waals surface area contributed by atoms with Crippen molar-refractivity contribution < 1.29 is 71.7 Å². The highest BCUT2D eigenvalue weighted by Gasteiger charge is 2.57. The molecule has 9 rings (SSSR count). The van der Waals surface area contributed by atoms with Crippen LogP contribution in [0.5, 0.6) is 0 Å². The summed E-state index contributed by atoms with van der Waals surface area (Å²) >= 11 is 0. The average molecular weight is 1090 g/mol. The molecule has 2 aliphatic heterocycles. The minimum absolute atomic E-state index is 0.0906. The van der Waals surface area contributed by atoms with Gasteiger partial charge in [-0.1, -0.05) is 185 Å². The van der Waals surface area contributed by atoms with Gasteiger partial charge in [-0.25, -0.2) is 19.2 Å². The highest BCUT2D eigenvalue weighted by molar-refractivity contribution is 6.99. The Labute approximate surface area is 459 Å². The van der Waals surface area contributed by atoms with Crippen LogP contribution in [0.25, 0.3) is 0 Å². The van der Waals surface area contributed by atoms with Crippen molar-refractivity contribution in [3.05, 3.63) is 240 Å². The van der Waals surface area contributed by atoms with Gasteiger partial charge >= 0.3 is 23.9 Å². The number of carbonyl (C=O) groups excluding carboxylic acids is 4. The smallest absolute Gasteiger partial charge is 0.338 e. The third-order valence-electron chi connectivity index (χ3n) is 13.8. The third kappa shape index (κ3) is 13.3. The van der Waals surface area contributed by atoms with Crippen LogP contribution in [0.2, 0.25) is 5.04 Å². The molecule has 0 aromatic heterocycles. The molecule has 0 saturated carbocycles. The molecule has 0 radical (unpaired) electrons. The van der Waals surface area contributed by atoms with E-state index >= 15 is 0 Å². The molecule has 2 saturated heterocycles. The third-order valence-corrected chi connectivity index (χ3v) is 18.8. The maximum atomic E-state index is 14.5. The summed E-state index contributed by atoms with van der Waals surface area (Å²) in [6.07, 6.45) is -16.7. The monoisotopic (exact) mass is 1090 g/mol. The Kier molecular flexibility index (Phi) is 18.4. The van der Waals surface area contributed by atoms with Crippen molar-refractivity contribution in [2.24, 2.45) is 0 Å². The molecule has 2 aliphatic rings. The second-order valence-electron chi connectivity index (χ2n) is 20.1. The molecule has 2 fully saturated rings. The van der Waals surface area contributed by atoms with Crippen LogP contribution in [0, 0.1) is 0 Å². The van der Waals surface area contributed by atoms with E-state index in [2.05, 4.69) is 20.8 Å². The van der Waals surface area contributed by atoms with Gasteiger partial charge in [0.25, 0.3) is 8.32 Å². The van der Waals surface area contributed by atoms with Crippen molar-refractivity contribution in [2.75, 3.05) is 13.2 Å². The van der Waals surface area contributed by atoms with Crippen LogP contribution in [0.4, 0.5) is 0 Å². The molecular weight excluding hydrogens is 1020 g/mol. The van der Waals surface area contributed by atoms with Crippen molar-refractivity contribution in [1.29, 1.82) is 0 Å². The lowest BCUT2D eigenvalue weighted by atomic mass is 9.96. The minimum Gasteiger partial charge on any atom is -0.459 e. The molecule has 7 aromatic rings. The maximum absolute atomic E-state index is 14.5. The summed E-state index contributed by atoms with van der Waals surface area (Å²) in [5.41, 5.74) is 1.27. The molecule has 10 atom stereocenters. The Morgan fingerprint density at radius 2 is 0.835 bits per heavy atom. The molecule has 2 N–H and O–H groups in total. The van der Waals surface area contributed by atoms with Crippen LogP contribution in [-0.2, 0) is 48.9 Å². The van der Waals surface area contributed by atoms with Crippen molar-refractivity contribution >= 4 is 42.6 Å². The van der Waals surface area contributed by atoms with Crippen LogP contribution in [0.1, 0.15) is 67.8 Å². The van der Waals surface area contributed by atoms with Crippen LogP contribution in [-0.4, -0.2) is 117 Å². The first-order valence-electron chi connectivity index (χ1n) is 26.0. The standard InChI is InChI=1S/C63H62O15Si/c1-63(2,3)79(47-35-21-9-22-36-47,48-37-23-10-24-38-48)72-41-49-51(64)52(65)54(75-58(67)44-29-15-6-16-30-44)62(73-49)78-53-50(40-70-57(66)43-27-13-5-14-28-43)74-61(71-39-42-25-11-4-12-26-42)56(77-60(69)46-33-19-8-20-34-46)55(53)76-59(68)45-31-17-7-18-32-45/h4-38,49-56,61-62,64-65H,39-41H2,1-3H3/t49-,50-,51+,52+,53-,54-,55+,56-,61+,62+/m1/s1. The molecule has 408 valence electrons. The second-order valence-corrected chi connectivity index (χ2v) is 24.4. The van der Waals surface area contributed by atoms with Crippen LogP contribution in [0.3, 0.4) is 0 Å². The van der Waals surface area contributed by atoms with Gasteiger partial charge in [0.2, 0.25) is 0 Å². The first kappa shape index (κ1) is 56.1. The van der Waals surface area contributed by atoms with Crippen molar-refractivity contribution in [3.8, 4) is 0 Å². The lowest BCUT2D eigenvalue weighted by Gasteiger charge is -2.49. The predicted octanol–water partition coefficient (Wildman–Crippen LogP) is 7.87. The average Bonchev–Trinajstić information content (AvgIpc) is 3.49. The molecule has 2 heterocycles. The van der Waals surface area contributed by atoms with E-state index in [1.165, 1.54) is 24.3 Å². The van der Waals surface area contributed by atoms with E-state index in [-0.39, 0.29) is 35.5 Å². The van der Waals surface area contributed by atoms with Crippen molar-refractivity contribution in [2.45, 2.75) is 93.8 Å². The van der Waals surface area contributed by atoms with Gasteiger partial charge in [0.05, 0.1) is 35.5 Å². The zero-order chi connectivity index (χ0) is 55.4. The molecular formula is C63H62O15Si. The summed E-state index contributed by atoms with van der Waals surface area (Å²) in [5.74, 6) is -3.38. The van der Waals surface area contributed by atoms with E-state index in [0.29, 0.717) is 5.56 Å². The Morgan fingerprint density at radius 1 is 0.443 bits per heavy atom. The van der Waals surface area contributed by atoms with Gasteiger partial charge in [0, 0.05) is 0 Å². The fraction of sp³-hybridized carbons (Fsp3) is 0.270. The highest BCUT2D eigenvalue weighted by Crippen LogP contribution is 2.39. The number of esters is 4. The van der Waals surface area contributed by atoms with E-state index in [0.717, 1.165) is 10.4 Å². The Bertz CT molecular complexity index is 3020. The fourth-order valence-corrected chi connectivity index (χ4v) is 14.4. The zero-order valence-electron chi connectivity index (χ0n) is 43.8. The second kappa shape index (κ2) is 25.9. The molecule has 0 spiro atoms. The van der Waals surface area contributed by atoms with Gasteiger partial charge in [-0.05, 0) is 69.5 Å². The highest BCUT2D eigenvalue weighted by atomic mass is 28.4. The van der Waals surface area contributed by atoms with E-state index < -0.39 is 105 Å². The SMILES string of the molecule is CC(C)(C)[Si](OC[C@H]1O[C@@H](O[C@H]2[C@H](OC(=O)c3ccccc3)[C@@H](OC(=O)c3ccccc3)[C@@H](OCc3ccccc3)O[C@@H]2COC(=O)c2ccccc2)[C@H](OC(=O)c2ccccc2)[C@@H](O)[C@H]1O)(c1ccccc1)c1ccccc1. The zero-order valence-corrected chi connectivity index (χ0v) is 44.8. The van der Waals surface area contributed by atoms with Crippen LogP contribution < -0.4 is 10.4 Å². The summed E-state index contributed by atoms with van der Waals surface area (Å²) < 4.78 is 58.9. The van der Waals surface area contributed by atoms with E-state index in [4.69, 9.17) is 42.3 Å². The molecule has 0 aliphatic carbocycles. The summed E-state index contributed by atoms with van der Waals surface area (Å²) in [5, 5.41) is 25.9. The predicted molar refractivity (Wildman–Crippen MR) is 293 cm³/mol. The van der Waals surface area contributed by atoms with Crippen LogP contribution in [0.15, 0.2) is 212 Å². The summed E-state index contributed by atoms with van der Waals surface area (Å²) in [6, 6.07) is 61.1. The quantitative estimate of drug-likeness (QED) is 0.0451. The minimum atomic E-state index is -3.34. The fourth-order valence-electron chi connectivity index (χ4n) is 9.84. The topological polar surface area (TPSA) is 192 Å². The number of carbonyl (C=O) groups is 4. The molecule has 16 heteroatoms. The van der Waals surface area contributed by atoms with Gasteiger partial charge in [0.15, 0.2) is 30.9 Å². The molecule has 7 aromatic carbocycles. The molecule has 0 bridgehead atoms. The van der Waals surface area contributed by atoms with Crippen molar-refractivity contribution in [3.63, 3.8) is 0 Å². The van der Waals surface area contributed by atoms with E-state index in [1.54, 1.807) is 97.1 Å². The van der Waals surface area contributed by atoms with Gasteiger partial charge < -0.3 is 52.5 Å². The van der Waals surface area contributed by atoms with E-state index in [9.17, 15) is 29.4 Å². The van der Waals surface area contributed by atoms with Gasteiger partial charge in [0.1, 0.15) is 37.1 Å². The lowest BCUT2D eigenvalue weighted by Crippen LogP contribution is -2.69. The number of aliphatic hydroxyl groups is 2. The summed E-state index contributed by atoms with van der Waals surface area (Å²) in [7, 11) is -3.34. The number of hydrogen-bond donors (Lipinski definition) is 2. The van der Waals surface area contributed by atoms with Crippen molar-refractivity contribution in [1.82, 2.24) is 0 Å². The van der Waals surface area contributed by atoms with Gasteiger partial charge in [-0.15, -0.1) is 0 Å². The number of aliphatic hydroxyl groups excluding tert-OH is 2. The number of benzene rings is 7. The number of ether oxygens (including phenoxy) is 8.